The Morgan fingerprint density at radius 3 is 2.81 bits per heavy atom. The molecule has 1 aromatic rings. The average molecular weight is 258 g/mol. The summed E-state index contributed by atoms with van der Waals surface area (Å²) < 4.78 is 0. The highest BCUT2D eigenvalue weighted by molar-refractivity contribution is 6.31. The Hall–Kier alpha value is -0.270. The van der Waals surface area contributed by atoms with E-state index in [1.165, 1.54) is 25.7 Å². The third-order valence-electron chi connectivity index (χ3n) is 3.36. The van der Waals surface area contributed by atoms with Crippen molar-refractivity contribution < 1.29 is 0 Å². The van der Waals surface area contributed by atoms with E-state index >= 15 is 0 Å². The standard InChI is InChI=1S/C13H17Cl2N/c14-12(7-10-3-1-2-4-10)8-11-5-6-16-9-13(11)15/h5-6,9-10,12H,1-4,7-8H2. The number of aromatic nitrogens is 1. The van der Waals surface area contributed by atoms with Crippen molar-refractivity contribution in [3.05, 3.63) is 29.0 Å². The van der Waals surface area contributed by atoms with Crippen LogP contribution in [0.1, 0.15) is 37.7 Å². The molecular weight excluding hydrogens is 241 g/mol. The quantitative estimate of drug-likeness (QED) is 0.726. The average Bonchev–Trinajstić information content (AvgIpc) is 2.74. The van der Waals surface area contributed by atoms with Crippen molar-refractivity contribution in [2.75, 3.05) is 0 Å². The third-order valence-corrected chi connectivity index (χ3v) is 4.03. The summed E-state index contributed by atoms with van der Waals surface area (Å²) in [7, 11) is 0. The van der Waals surface area contributed by atoms with Crippen molar-refractivity contribution >= 4 is 23.2 Å². The van der Waals surface area contributed by atoms with Gasteiger partial charge < -0.3 is 0 Å². The minimum absolute atomic E-state index is 0.211. The van der Waals surface area contributed by atoms with E-state index in [9.17, 15) is 0 Å². The molecule has 0 spiro atoms. The maximum absolute atomic E-state index is 6.39. The second-order valence-electron chi connectivity index (χ2n) is 4.65. The lowest BCUT2D eigenvalue weighted by molar-refractivity contribution is 0.488. The van der Waals surface area contributed by atoms with E-state index in [-0.39, 0.29) is 5.38 Å². The fourth-order valence-electron chi connectivity index (χ4n) is 2.50. The SMILES string of the molecule is Clc1cnccc1CC(Cl)CC1CCCC1. The van der Waals surface area contributed by atoms with E-state index in [1.54, 1.807) is 12.4 Å². The molecule has 1 nitrogen and oxygen atoms in total. The van der Waals surface area contributed by atoms with Gasteiger partial charge in [0.05, 0.1) is 5.02 Å². The van der Waals surface area contributed by atoms with Crippen LogP contribution in [0.2, 0.25) is 5.02 Å². The van der Waals surface area contributed by atoms with Crippen LogP contribution in [0.3, 0.4) is 0 Å². The third kappa shape index (κ3) is 3.36. The number of rotatable bonds is 4. The minimum Gasteiger partial charge on any atom is -0.263 e. The Bertz CT molecular complexity index is 334. The fourth-order valence-corrected chi connectivity index (χ4v) is 3.11. The summed E-state index contributed by atoms with van der Waals surface area (Å²) >= 11 is 12.5. The summed E-state index contributed by atoms with van der Waals surface area (Å²) in [5, 5.41) is 0.947. The summed E-state index contributed by atoms with van der Waals surface area (Å²) in [6, 6.07) is 1.96. The summed E-state index contributed by atoms with van der Waals surface area (Å²) in [4.78, 5) is 3.98. The Labute approximate surface area is 107 Å². The number of pyridine rings is 1. The molecule has 0 amide bonds. The molecule has 0 saturated heterocycles. The monoisotopic (exact) mass is 257 g/mol. The molecule has 1 unspecified atom stereocenters. The number of hydrogen-bond acceptors (Lipinski definition) is 1. The van der Waals surface area contributed by atoms with Gasteiger partial charge in [0, 0.05) is 17.8 Å². The van der Waals surface area contributed by atoms with Gasteiger partial charge in [0.1, 0.15) is 0 Å². The first-order valence-corrected chi connectivity index (χ1v) is 6.79. The van der Waals surface area contributed by atoms with Crippen molar-refractivity contribution in [2.45, 2.75) is 43.9 Å². The van der Waals surface area contributed by atoms with E-state index in [1.807, 2.05) is 6.07 Å². The highest BCUT2D eigenvalue weighted by atomic mass is 35.5. The summed E-state index contributed by atoms with van der Waals surface area (Å²) in [5.41, 5.74) is 1.12. The molecule has 1 heterocycles. The van der Waals surface area contributed by atoms with Gasteiger partial charge in [0.2, 0.25) is 0 Å². The minimum atomic E-state index is 0.211. The molecule has 0 radical (unpaired) electrons. The van der Waals surface area contributed by atoms with Gasteiger partial charge in [0.25, 0.3) is 0 Å². The largest absolute Gasteiger partial charge is 0.263 e. The van der Waals surface area contributed by atoms with Crippen LogP contribution < -0.4 is 0 Å². The lowest BCUT2D eigenvalue weighted by Gasteiger charge is -2.14. The van der Waals surface area contributed by atoms with Crippen LogP contribution in [0.25, 0.3) is 0 Å². The second-order valence-corrected chi connectivity index (χ2v) is 5.68. The topological polar surface area (TPSA) is 12.9 Å². The maximum atomic E-state index is 6.39. The van der Waals surface area contributed by atoms with E-state index in [0.29, 0.717) is 0 Å². The smallest absolute Gasteiger partial charge is 0.0621 e. The number of halogens is 2. The van der Waals surface area contributed by atoms with Crippen molar-refractivity contribution in [2.24, 2.45) is 5.92 Å². The molecule has 1 aliphatic carbocycles. The Balaban J connectivity index is 1.86. The van der Waals surface area contributed by atoms with Gasteiger partial charge in [-0.1, -0.05) is 37.3 Å². The van der Waals surface area contributed by atoms with Crippen LogP contribution in [0.15, 0.2) is 18.5 Å². The predicted molar refractivity (Wildman–Crippen MR) is 69.2 cm³/mol. The Morgan fingerprint density at radius 1 is 1.38 bits per heavy atom. The molecule has 2 rings (SSSR count). The van der Waals surface area contributed by atoms with Gasteiger partial charge >= 0.3 is 0 Å². The lowest BCUT2D eigenvalue weighted by atomic mass is 9.98. The molecule has 0 aliphatic heterocycles. The molecule has 3 heteroatoms. The number of hydrogen-bond donors (Lipinski definition) is 0. The van der Waals surface area contributed by atoms with Gasteiger partial charge in [-0.2, -0.15) is 0 Å². The van der Waals surface area contributed by atoms with Gasteiger partial charge in [-0.15, -0.1) is 11.6 Å². The van der Waals surface area contributed by atoms with Crippen LogP contribution in [-0.2, 0) is 6.42 Å². The molecule has 1 aromatic heterocycles. The number of alkyl halides is 1. The molecule has 0 N–H and O–H groups in total. The molecule has 16 heavy (non-hydrogen) atoms. The van der Waals surface area contributed by atoms with Gasteiger partial charge in [0.15, 0.2) is 0 Å². The zero-order chi connectivity index (χ0) is 11.4. The zero-order valence-electron chi connectivity index (χ0n) is 9.33. The lowest BCUT2D eigenvalue weighted by Crippen LogP contribution is -2.09. The molecule has 1 atom stereocenters. The molecule has 1 aliphatic rings. The van der Waals surface area contributed by atoms with Crippen LogP contribution >= 0.6 is 23.2 Å². The Kier molecular flexibility index (Phi) is 4.48. The predicted octanol–water partition coefficient (Wildman–Crippen LogP) is 4.47. The molecule has 0 aromatic carbocycles. The van der Waals surface area contributed by atoms with Crippen LogP contribution in [0.4, 0.5) is 0 Å². The van der Waals surface area contributed by atoms with E-state index in [4.69, 9.17) is 23.2 Å². The second kappa shape index (κ2) is 5.88. The van der Waals surface area contributed by atoms with Crippen molar-refractivity contribution in [3.8, 4) is 0 Å². The van der Waals surface area contributed by atoms with Crippen LogP contribution in [-0.4, -0.2) is 10.4 Å². The molecule has 88 valence electrons. The van der Waals surface area contributed by atoms with Crippen LogP contribution in [0.5, 0.6) is 0 Å². The molecule has 0 bridgehead atoms. The van der Waals surface area contributed by atoms with E-state index < -0.39 is 0 Å². The molecular formula is C13H17Cl2N. The summed E-state index contributed by atoms with van der Waals surface area (Å²) in [6.45, 7) is 0. The van der Waals surface area contributed by atoms with Gasteiger partial charge in [-0.25, -0.2) is 0 Å². The first-order valence-electron chi connectivity index (χ1n) is 5.98. The van der Waals surface area contributed by atoms with E-state index in [2.05, 4.69) is 4.98 Å². The van der Waals surface area contributed by atoms with Crippen molar-refractivity contribution in [1.82, 2.24) is 4.98 Å². The first kappa shape index (κ1) is 12.2. The van der Waals surface area contributed by atoms with Crippen molar-refractivity contribution in [1.29, 1.82) is 0 Å². The highest BCUT2D eigenvalue weighted by Crippen LogP contribution is 2.31. The molecule has 1 fully saturated rings. The highest BCUT2D eigenvalue weighted by Gasteiger charge is 2.19. The van der Waals surface area contributed by atoms with E-state index in [0.717, 1.165) is 29.3 Å². The normalized spacial score (nSPS) is 18.9. The van der Waals surface area contributed by atoms with Crippen molar-refractivity contribution in [3.63, 3.8) is 0 Å². The van der Waals surface area contributed by atoms with Gasteiger partial charge in [-0.3, -0.25) is 4.98 Å². The molecule has 1 saturated carbocycles. The zero-order valence-corrected chi connectivity index (χ0v) is 10.8. The summed E-state index contributed by atoms with van der Waals surface area (Å²) in [6.07, 6.45) is 10.9. The first-order chi connectivity index (χ1) is 7.75. The number of nitrogens with zero attached hydrogens (tertiary/aromatic N) is 1. The fraction of sp³-hybridized carbons (Fsp3) is 0.615. The summed E-state index contributed by atoms with van der Waals surface area (Å²) in [5.74, 6) is 0.836. The van der Waals surface area contributed by atoms with Crippen LogP contribution in [0, 0.1) is 5.92 Å². The van der Waals surface area contributed by atoms with Gasteiger partial charge in [-0.05, 0) is 30.4 Å². The Morgan fingerprint density at radius 2 is 2.12 bits per heavy atom. The maximum Gasteiger partial charge on any atom is 0.0621 e.